The fourth-order valence-electron chi connectivity index (χ4n) is 2.59. The van der Waals surface area contributed by atoms with Crippen LogP contribution in [-0.4, -0.2) is 49.2 Å². The number of nitrogens with zero attached hydrogens (tertiary/aromatic N) is 3. The van der Waals surface area contributed by atoms with Crippen molar-refractivity contribution >= 4 is 17.3 Å². The molecular weight excluding hydrogens is 292 g/mol. The van der Waals surface area contributed by atoms with Crippen molar-refractivity contribution in [2.75, 3.05) is 38.3 Å². The first-order valence-corrected chi connectivity index (χ1v) is 7.78. The molecule has 0 radical (unpaired) electrons. The predicted molar refractivity (Wildman–Crippen MR) is 84.3 cm³/mol. The number of likely N-dealkylation sites (N-methyl/N-ethyl adjacent to an activating group) is 1. The molecule has 0 aromatic carbocycles. The maximum absolute atomic E-state index is 12.2. The van der Waals surface area contributed by atoms with Crippen LogP contribution in [0.4, 0.5) is 5.69 Å². The number of anilines is 1. The lowest BCUT2D eigenvalue weighted by Crippen LogP contribution is -2.39. The van der Waals surface area contributed by atoms with Gasteiger partial charge in [0.1, 0.15) is 5.02 Å². The lowest BCUT2D eigenvalue weighted by molar-refractivity contribution is 0.182. The van der Waals surface area contributed by atoms with E-state index < -0.39 is 0 Å². The van der Waals surface area contributed by atoms with Crippen LogP contribution in [0.2, 0.25) is 5.02 Å². The molecule has 1 aromatic rings. The van der Waals surface area contributed by atoms with E-state index in [0.717, 1.165) is 26.1 Å². The van der Waals surface area contributed by atoms with Crippen molar-refractivity contribution in [2.24, 2.45) is 0 Å². The van der Waals surface area contributed by atoms with Gasteiger partial charge < -0.3 is 15.0 Å². The third-order valence-electron chi connectivity index (χ3n) is 3.80. The van der Waals surface area contributed by atoms with E-state index >= 15 is 0 Å². The summed E-state index contributed by atoms with van der Waals surface area (Å²) in [7, 11) is 1.59. The zero-order valence-corrected chi connectivity index (χ0v) is 13.4. The molecule has 1 saturated heterocycles. The molecule has 1 aliphatic rings. The van der Waals surface area contributed by atoms with Crippen LogP contribution >= 0.6 is 11.6 Å². The molecule has 7 heteroatoms. The largest absolute Gasteiger partial charge is 0.383 e. The van der Waals surface area contributed by atoms with Gasteiger partial charge in [-0.2, -0.15) is 5.10 Å². The van der Waals surface area contributed by atoms with Gasteiger partial charge in [0.05, 0.1) is 25.0 Å². The second-order valence-electron chi connectivity index (χ2n) is 5.20. The predicted octanol–water partition coefficient (Wildman–Crippen LogP) is 1.12. The molecule has 0 amide bonds. The summed E-state index contributed by atoms with van der Waals surface area (Å²) in [5, 5.41) is 7.89. The molecule has 1 atom stereocenters. The van der Waals surface area contributed by atoms with Crippen molar-refractivity contribution in [3.05, 3.63) is 21.6 Å². The number of ether oxygens (including phenoxy) is 1. The van der Waals surface area contributed by atoms with Gasteiger partial charge in [0.2, 0.25) is 0 Å². The van der Waals surface area contributed by atoms with Crippen molar-refractivity contribution in [3.8, 4) is 0 Å². The molecule has 0 saturated carbocycles. The summed E-state index contributed by atoms with van der Waals surface area (Å²) < 4.78 is 6.31. The molecule has 1 aromatic heterocycles. The van der Waals surface area contributed by atoms with Gasteiger partial charge >= 0.3 is 0 Å². The Balaban J connectivity index is 2.17. The van der Waals surface area contributed by atoms with E-state index in [2.05, 4.69) is 22.2 Å². The summed E-state index contributed by atoms with van der Waals surface area (Å²) in [6.45, 7) is 5.60. The lowest BCUT2D eigenvalue weighted by atomic mass is 10.2. The van der Waals surface area contributed by atoms with Crippen molar-refractivity contribution in [3.63, 3.8) is 0 Å². The number of rotatable bonds is 7. The maximum Gasteiger partial charge on any atom is 0.287 e. The Bertz CT molecular complexity index is 514. The van der Waals surface area contributed by atoms with Crippen molar-refractivity contribution in [2.45, 2.75) is 32.4 Å². The van der Waals surface area contributed by atoms with E-state index in [4.69, 9.17) is 16.3 Å². The Morgan fingerprint density at radius 1 is 1.62 bits per heavy atom. The van der Waals surface area contributed by atoms with Crippen LogP contribution < -0.4 is 15.8 Å². The fourth-order valence-corrected chi connectivity index (χ4v) is 2.86. The molecule has 21 heavy (non-hydrogen) atoms. The lowest BCUT2D eigenvalue weighted by Gasteiger charge is -2.27. The van der Waals surface area contributed by atoms with Crippen LogP contribution in [0.15, 0.2) is 11.0 Å². The normalized spacial score (nSPS) is 18.1. The zero-order chi connectivity index (χ0) is 15.2. The van der Waals surface area contributed by atoms with E-state index in [-0.39, 0.29) is 10.6 Å². The number of halogens is 1. The highest BCUT2D eigenvalue weighted by atomic mass is 35.5. The first-order chi connectivity index (χ1) is 10.2. The minimum atomic E-state index is -0.260. The molecule has 6 nitrogen and oxygen atoms in total. The summed E-state index contributed by atoms with van der Waals surface area (Å²) in [4.78, 5) is 14.3. The summed E-state index contributed by atoms with van der Waals surface area (Å²) in [6.07, 6.45) is 4.04. The highest BCUT2D eigenvalue weighted by Crippen LogP contribution is 2.22. The second-order valence-corrected chi connectivity index (χ2v) is 5.57. The van der Waals surface area contributed by atoms with Crippen molar-refractivity contribution in [1.29, 1.82) is 0 Å². The van der Waals surface area contributed by atoms with E-state index in [1.54, 1.807) is 13.3 Å². The van der Waals surface area contributed by atoms with Crippen molar-refractivity contribution in [1.82, 2.24) is 15.1 Å². The Morgan fingerprint density at radius 2 is 2.43 bits per heavy atom. The Hall–Kier alpha value is -1.11. The summed E-state index contributed by atoms with van der Waals surface area (Å²) in [5.41, 5.74) is 0.454. The van der Waals surface area contributed by atoms with Crippen molar-refractivity contribution < 1.29 is 4.74 Å². The average Bonchev–Trinajstić information content (AvgIpc) is 3.00. The Morgan fingerprint density at radius 3 is 3.05 bits per heavy atom. The van der Waals surface area contributed by atoms with Crippen LogP contribution in [0, 0.1) is 0 Å². The summed E-state index contributed by atoms with van der Waals surface area (Å²) >= 11 is 6.26. The monoisotopic (exact) mass is 314 g/mol. The van der Waals surface area contributed by atoms with Crippen LogP contribution in [0.3, 0.4) is 0 Å². The highest BCUT2D eigenvalue weighted by Gasteiger charge is 2.20. The van der Waals surface area contributed by atoms with E-state index in [1.165, 1.54) is 11.1 Å². The number of aromatic nitrogens is 2. The van der Waals surface area contributed by atoms with Crippen LogP contribution in [0.1, 0.15) is 19.8 Å². The Labute approximate surface area is 130 Å². The average molecular weight is 315 g/mol. The summed E-state index contributed by atoms with van der Waals surface area (Å²) in [5.74, 6) is 0. The number of hydrogen-bond donors (Lipinski definition) is 1. The Kier molecular flexibility index (Phi) is 6.02. The second kappa shape index (κ2) is 7.77. The molecule has 1 N–H and O–H groups in total. The maximum atomic E-state index is 12.2. The van der Waals surface area contributed by atoms with Gasteiger partial charge in [0.25, 0.3) is 5.56 Å². The quantitative estimate of drug-likeness (QED) is 0.817. The van der Waals surface area contributed by atoms with Gasteiger partial charge in [0.15, 0.2) is 0 Å². The zero-order valence-electron chi connectivity index (χ0n) is 12.6. The third-order valence-corrected chi connectivity index (χ3v) is 4.15. The SMILES string of the molecule is CCN(CC1CCCN1)c1cnn(CCOC)c(=O)c1Cl. The highest BCUT2D eigenvalue weighted by molar-refractivity contribution is 6.33. The molecule has 1 aliphatic heterocycles. The molecule has 2 heterocycles. The smallest absolute Gasteiger partial charge is 0.287 e. The van der Waals surface area contributed by atoms with Gasteiger partial charge in [0, 0.05) is 26.2 Å². The molecule has 0 aliphatic carbocycles. The fraction of sp³-hybridized carbons (Fsp3) is 0.714. The first-order valence-electron chi connectivity index (χ1n) is 7.40. The van der Waals surface area contributed by atoms with E-state index in [9.17, 15) is 4.79 Å². The van der Waals surface area contributed by atoms with Crippen LogP contribution in [0.25, 0.3) is 0 Å². The number of hydrogen-bond acceptors (Lipinski definition) is 5. The molecule has 0 bridgehead atoms. The minimum absolute atomic E-state index is 0.237. The van der Waals surface area contributed by atoms with E-state index in [0.29, 0.717) is 24.9 Å². The third kappa shape index (κ3) is 3.96. The molecule has 118 valence electrons. The molecular formula is C14H23ClN4O2. The molecule has 0 spiro atoms. The molecule has 1 fully saturated rings. The van der Waals surface area contributed by atoms with Crippen LogP contribution in [-0.2, 0) is 11.3 Å². The standard InChI is InChI=1S/C14H23ClN4O2/c1-3-18(10-11-5-4-6-16-11)12-9-17-19(7-8-21-2)14(20)13(12)15/h9,11,16H,3-8,10H2,1-2H3. The van der Waals surface area contributed by atoms with Gasteiger partial charge in [-0.25, -0.2) is 4.68 Å². The van der Waals surface area contributed by atoms with Gasteiger partial charge in [-0.15, -0.1) is 0 Å². The summed E-state index contributed by atoms with van der Waals surface area (Å²) in [6, 6.07) is 0.455. The molecule has 2 rings (SSSR count). The number of nitrogens with one attached hydrogen (secondary N) is 1. The van der Waals surface area contributed by atoms with Crippen LogP contribution in [0.5, 0.6) is 0 Å². The number of methoxy groups -OCH3 is 1. The molecule has 1 unspecified atom stereocenters. The van der Waals surface area contributed by atoms with Gasteiger partial charge in [-0.3, -0.25) is 4.79 Å². The van der Waals surface area contributed by atoms with Gasteiger partial charge in [-0.05, 0) is 26.3 Å². The van der Waals surface area contributed by atoms with Gasteiger partial charge in [-0.1, -0.05) is 11.6 Å². The van der Waals surface area contributed by atoms with E-state index in [1.807, 2.05) is 0 Å². The topological polar surface area (TPSA) is 59.4 Å². The minimum Gasteiger partial charge on any atom is -0.383 e. The first kappa shape index (κ1) is 16.3.